The van der Waals surface area contributed by atoms with Gasteiger partial charge < -0.3 is 4.90 Å². The van der Waals surface area contributed by atoms with Gasteiger partial charge in [0.25, 0.3) is 5.91 Å². The Morgan fingerprint density at radius 1 is 1.15 bits per heavy atom. The molecule has 0 saturated heterocycles. The first kappa shape index (κ1) is 17.8. The van der Waals surface area contributed by atoms with Crippen LogP contribution in [0.1, 0.15) is 40.1 Å². The Morgan fingerprint density at radius 3 is 2.50 bits per heavy atom. The lowest BCUT2D eigenvalue weighted by Crippen LogP contribution is -2.26. The summed E-state index contributed by atoms with van der Waals surface area (Å²) in [6, 6.07) is 10.1. The lowest BCUT2D eigenvalue weighted by Gasteiger charge is -2.18. The number of hydrogen-bond donors (Lipinski definition) is 0. The summed E-state index contributed by atoms with van der Waals surface area (Å²) < 4.78 is 1.91. The standard InChI is InChI=1S/C20H23N5O/c1-5-19-21-11-17(12-22-19)20(26)24(4)13-16-7-6-8-18(10-16)25-15(3)9-14(2)23-25/h6-12H,5,13H2,1-4H3. The highest BCUT2D eigenvalue weighted by Gasteiger charge is 2.14. The quantitative estimate of drug-likeness (QED) is 0.710. The average molecular weight is 349 g/mol. The van der Waals surface area contributed by atoms with E-state index in [-0.39, 0.29) is 5.91 Å². The SMILES string of the molecule is CCc1ncc(C(=O)N(C)Cc2cccc(-n3nc(C)cc3C)c2)cn1. The van der Waals surface area contributed by atoms with E-state index in [1.54, 1.807) is 24.3 Å². The molecule has 1 amide bonds. The summed E-state index contributed by atoms with van der Waals surface area (Å²) in [5, 5.41) is 4.52. The highest BCUT2D eigenvalue weighted by atomic mass is 16.2. The van der Waals surface area contributed by atoms with Crippen molar-refractivity contribution in [3.63, 3.8) is 0 Å². The van der Waals surface area contributed by atoms with Crippen LogP contribution in [0.2, 0.25) is 0 Å². The molecule has 3 rings (SSSR count). The third-order valence-electron chi connectivity index (χ3n) is 4.20. The van der Waals surface area contributed by atoms with Gasteiger partial charge in [0.1, 0.15) is 5.82 Å². The zero-order valence-electron chi connectivity index (χ0n) is 15.6. The molecule has 0 aliphatic heterocycles. The van der Waals surface area contributed by atoms with E-state index in [0.29, 0.717) is 12.1 Å². The van der Waals surface area contributed by atoms with Crippen LogP contribution in [0.3, 0.4) is 0 Å². The summed E-state index contributed by atoms with van der Waals surface area (Å²) in [4.78, 5) is 22.7. The first-order valence-corrected chi connectivity index (χ1v) is 8.67. The molecule has 0 aliphatic rings. The maximum atomic E-state index is 12.6. The molecule has 0 atom stereocenters. The maximum absolute atomic E-state index is 12.6. The number of hydrogen-bond acceptors (Lipinski definition) is 4. The Labute approximate surface area is 153 Å². The molecule has 0 spiro atoms. The van der Waals surface area contributed by atoms with Gasteiger partial charge in [0, 0.05) is 38.1 Å². The largest absolute Gasteiger partial charge is 0.337 e. The fourth-order valence-electron chi connectivity index (χ4n) is 2.89. The van der Waals surface area contributed by atoms with E-state index >= 15 is 0 Å². The predicted molar refractivity (Wildman–Crippen MR) is 100 cm³/mol. The molecule has 3 aromatic rings. The Bertz CT molecular complexity index is 914. The van der Waals surface area contributed by atoms with Gasteiger partial charge >= 0.3 is 0 Å². The van der Waals surface area contributed by atoms with Gasteiger partial charge in [-0.1, -0.05) is 19.1 Å². The van der Waals surface area contributed by atoms with Crippen molar-refractivity contribution in [3.05, 3.63) is 71.1 Å². The number of nitrogens with zero attached hydrogens (tertiary/aromatic N) is 5. The normalized spacial score (nSPS) is 10.8. The van der Waals surface area contributed by atoms with E-state index in [0.717, 1.165) is 34.9 Å². The molecular formula is C20H23N5O. The first-order valence-electron chi connectivity index (χ1n) is 8.67. The van der Waals surface area contributed by atoms with Crippen LogP contribution in [0.15, 0.2) is 42.7 Å². The van der Waals surface area contributed by atoms with E-state index in [1.165, 1.54) is 0 Å². The summed E-state index contributed by atoms with van der Waals surface area (Å²) in [5.74, 6) is 0.644. The van der Waals surface area contributed by atoms with Crippen LogP contribution < -0.4 is 0 Å². The van der Waals surface area contributed by atoms with Gasteiger partial charge in [0.2, 0.25) is 0 Å². The van der Waals surface area contributed by atoms with Gasteiger partial charge in [-0.3, -0.25) is 4.79 Å². The molecule has 0 fully saturated rings. The molecule has 6 heteroatoms. The number of carbonyl (C=O) groups excluding carboxylic acids is 1. The Kier molecular flexibility index (Phi) is 5.11. The number of aromatic nitrogens is 4. The fraction of sp³-hybridized carbons (Fsp3) is 0.300. The molecule has 0 bridgehead atoms. The maximum Gasteiger partial charge on any atom is 0.257 e. The van der Waals surface area contributed by atoms with Crippen molar-refractivity contribution in [1.29, 1.82) is 0 Å². The first-order chi connectivity index (χ1) is 12.5. The van der Waals surface area contributed by atoms with Crippen molar-refractivity contribution < 1.29 is 4.79 Å². The van der Waals surface area contributed by atoms with Gasteiger partial charge in [-0.25, -0.2) is 14.6 Å². The van der Waals surface area contributed by atoms with E-state index in [4.69, 9.17) is 0 Å². The second-order valence-electron chi connectivity index (χ2n) is 6.41. The van der Waals surface area contributed by atoms with Crippen LogP contribution in [0.4, 0.5) is 0 Å². The van der Waals surface area contributed by atoms with Crippen LogP contribution in [0.5, 0.6) is 0 Å². The summed E-state index contributed by atoms with van der Waals surface area (Å²) in [6.07, 6.45) is 3.94. The zero-order chi connectivity index (χ0) is 18.7. The Balaban J connectivity index is 1.76. The zero-order valence-corrected chi connectivity index (χ0v) is 15.6. The van der Waals surface area contributed by atoms with E-state index in [2.05, 4.69) is 21.1 Å². The second-order valence-corrected chi connectivity index (χ2v) is 6.41. The molecule has 26 heavy (non-hydrogen) atoms. The molecule has 6 nitrogen and oxygen atoms in total. The molecule has 2 heterocycles. The van der Waals surface area contributed by atoms with E-state index < -0.39 is 0 Å². The number of rotatable bonds is 5. The molecule has 0 radical (unpaired) electrons. The summed E-state index contributed by atoms with van der Waals surface area (Å²) in [7, 11) is 1.78. The van der Waals surface area contributed by atoms with Crippen molar-refractivity contribution in [1.82, 2.24) is 24.6 Å². The minimum atomic E-state index is -0.0934. The molecule has 1 aromatic carbocycles. The second kappa shape index (κ2) is 7.47. The lowest BCUT2D eigenvalue weighted by molar-refractivity contribution is 0.0784. The van der Waals surface area contributed by atoms with Crippen LogP contribution in [-0.2, 0) is 13.0 Å². The van der Waals surface area contributed by atoms with Crippen molar-refractivity contribution in [2.24, 2.45) is 0 Å². The van der Waals surface area contributed by atoms with Crippen molar-refractivity contribution in [3.8, 4) is 5.69 Å². The lowest BCUT2D eigenvalue weighted by atomic mass is 10.1. The van der Waals surface area contributed by atoms with Crippen LogP contribution in [0, 0.1) is 13.8 Å². The summed E-state index contributed by atoms with van der Waals surface area (Å²) in [6.45, 7) is 6.49. The molecule has 134 valence electrons. The third-order valence-corrected chi connectivity index (χ3v) is 4.20. The molecular weight excluding hydrogens is 326 g/mol. The number of benzene rings is 1. The van der Waals surface area contributed by atoms with Gasteiger partial charge in [-0.05, 0) is 37.6 Å². The monoisotopic (exact) mass is 349 g/mol. The highest BCUT2D eigenvalue weighted by Crippen LogP contribution is 2.15. The van der Waals surface area contributed by atoms with Crippen LogP contribution in [0.25, 0.3) is 5.69 Å². The van der Waals surface area contributed by atoms with Crippen LogP contribution >= 0.6 is 0 Å². The molecule has 0 saturated carbocycles. The average Bonchev–Trinajstić information content (AvgIpc) is 2.99. The van der Waals surface area contributed by atoms with Crippen molar-refractivity contribution in [2.75, 3.05) is 7.05 Å². The molecule has 0 N–H and O–H groups in total. The topological polar surface area (TPSA) is 63.9 Å². The smallest absolute Gasteiger partial charge is 0.257 e. The summed E-state index contributed by atoms with van der Waals surface area (Å²) in [5.41, 5.74) is 4.59. The minimum Gasteiger partial charge on any atom is -0.337 e. The fourth-order valence-corrected chi connectivity index (χ4v) is 2.89. The Morgan fingerprint density at radius 2 is 1.88 bits per heavy atom. The van der Waals surface area contributed by atoms with E-state index in [1.807, 2.05) is 49.7 Å². The predicted octanol–water partition coefficient (Wildman–Crippen LogP) is 3.11. The van der Waals surface area contributed by atoms with Gasteiger partial charge in [-0.2, -0.15) is 5.10 Å². The number of aryl methyl sites for hydroxylation is 3. The van der Waals surface area contributed by atoms with E-state index in [9.17, 15) is 4.79 Å². The Hall–Kier alpha value is -3.02. The summed E-state index contributed by atoms with van der Waals surface area (Å²) >= 11 is 0. The van der Waals surface area contributed by atoms with Gasteiger partial charge in [-0.15, -0.1) is 0 Å². The molecule has 0 unspecified atom stereocenters. The highest BCUT2D eigenvalue weighted by molar-refractivity contribution is 5.93. The van der Waals surface area contributed by atoms with Gasteiger partial charge in [0.15, 0.2) is 0 Å². The van der Waals surface area contributed by atoms with Crippen LogP contribution in [-0.4, -0.2) is 37.6 Å². The number of amides is 1. The van der Waals surface area contributed by atoms with Gasteiger partial charge in [0.05, 0.1) is 16.9 Å². The third kappa shape index (κ3) is 3.79. The molecule has 0 aliphatic carbocycles. The van der Waals surface area contributed by atoms with Crippen molar-refractivity contribution >= 4 is 5.91 Å². The minimum absolute atomic E-state index is 0.0934. The number of carbonyl (C=O) groups is 1. The molecule has 2 aromatic heterocycles. The van der Waals surface area contributed by atoms with Crippen molar-refractivity contribution in [2.45, 2.75) is 33.7 Å².